The zero-order chi connectivity index (χ0) is 14.8. The normalized spacial score (nSPS) is 14.6. The molecule has 0 aliphatic carbocycles. The van der Waals surface area contributed by atoms with Gasteiger partial charge in [0.2, 0.25) is 0 Å². The molecule has 110 valence electrons. The molecular weight excluding hydrogens is 268 g/mol. The summed E-state index contributed by atoms with van der Waals surface area (Å²) in [4.78, 5) is 6.06. The van der Waals surface area contributed by atoms with Crippen LogP contribution in [-0.4, -0.2) is 18.1 Å². The van der Waals surface area contributed by atoms with E-state index in [1.807, 2.05) is 0 Å². The van der Waals surface area contributed by atoms with Crippen LogP contribution < -0.4 is 4.90 Å². The average molecular weight is 288 g/mol. The first-order valence-electron chi connectivity index (χ1n) is 7.98. The Labute approximate surface area is 131 Å². The first-order chi connectivity index (χ1) is 10.9. The summed E-state index contributed by atoms with van der Waals surface area (Å²) in [7, 11) is 0. The molecule has 0 radical (unpaired) electrons. The molecule has 0 atom stereocenters. The maximum atomic E-state index is 3.61. The van der Waals surface area contributed by atoms with Gasteiger partial charge in [-0.25, -0.2) is 0 Å². The highest BCUT2D eigenvalue weighted by molar-refractivity contribution is 5.89. The Balaban J connectivity index is 1.59. The highest BCUT2D eigenvalue weighted by atomic mass is 15.2. The van der Waals surface area contributed by atoms with E-state index in [4.69, 9.17) is 0 Å². The van der Waals surface area contributed by atoms with Crippen LogP contribution in [0, 0.1) is 0 Å². The number of fused-ring (bicyclic) bond motifs is 3. The van der Waals surface area contributed by atoms with E-state index in [9.17, 15) is 0 Å². The molecule has 0 unspecified atom stereocenters. The maximum Gasteiger partial charge on any atom is 0.110 e. The van der Waals surface area contributed by atoms with Crippen molar-refractivity contribution in [1.82, 2.24) is 4.98 Å². The number of H-pyrrole nitrogens is 1. The molecule has 0 fully saturated rings. The van der Waals surface area contributed by atoms with Crippen molar-refractivity contribution in [3.8, 4) is 0 Å². The number of benzene rings is 2. The Bertz CT molecular complexity index is 799. The molecule has 2 heteroatoms. The second kappa shape index (κ2) is 5.72. The number of nitrogens with one attached hydrogen (secondary N) is 1. The lowest BCUT2D eigenvalue weighted by Crippen LogP contribution is -2.29. The van der Waals surface area contributed by atoms with Crippen LogP contribution in [0.2, 0.25) is 0 Å². The van der Waals surface area contributed by atoms with Gasteiger partial charge in [-0.1, -0.05) is 60.7 Å². The van der Waals surface area contributed by atoms with Gasteiger partial charge in [0.1, 0.15) is 5.82 Å². The van der Waals surface area contributed by atoms with Crippen molar-refractivity contribution in [2.24, 2.45) is 0 Å². The fourth-order valence-electron chi connectivity index (χ4n) is 3.33. The minimum atomic E-state index is 0.953. The molecule has 0 spiro atoms. The van der Waals surface area contributed by atoms with E-state index in [0.29, 0.717) is 0 Å². The minimum absolute atomic E-state index is 0.953. The van der Waals surface area contributed by atoms with Crippen molar-refractivity contribution in [1.29, 1.82) is 0 Å². The van der Waals surface area contributed by atoms with Crippen LogP contribution in [0.5, 0.6) is 0 Å². The van der Waals surface area contributed by atoms with E-state index >= 15 is 0 Å². The molecule has 2 aromatic carbocycles. The third-order valence-corrected chi connectivity index (χ3v) is 4.40. The van der Waals surface area contributed by atoms with E-state index in [1.165, 1.54) is 40.7 Å². The molecule has 0 bridgehead atoms. The Kier molecular flexibility index (Phi) is 3.43. The van der Waals surface area contributed by atoms with Gasteiger partial charge in [-0.2, -0.15) is 0 Å². The number of rotatable bonds is 3. The van der Waals surface area contributed by atoms with Crippen LogP contribution in [0.3, 0.4) is 0 Å². The molecule has 4 rings (SSSR count). The molecule has 0 saturated carbocycles. The minimum Gasteiger partial charge on any atom is -0.354 e. The summed E-state index contributed by atoms with van der Waals surface area (Å²) in [5.41, 5.74) is 4.00. The predicted octanol–water partition coefficient (Wildman–Crippen LogP) is 4.63. The molecule has 1 N–H and O–H groups in total. The fraction of sp³-hybridized carbons (Fsp3) is 0.200. The summed E-state index contributed by atoms with van der Waals surface area (Å²) >= 11 is 0. The van der Waals surface area contributed by atoms with Gasteiger partial charge in [-0.05, 0) is 24.5 Å². The third kappa shape index (κ3) is 2.41. The number of hydrogen-bond acceptors (Lipinski definition) is 1. The molecule has 1 aromatic heterocycles. The van der Waals surface area contributed by atoms with Gasteiger partial charge in [-0.3, -0.25) is 0 Å². The van der Waals surface area contributed by atoms with Gasteiger partial charge < -0.3 is 9.88 Å². The average Bonchev–Trinajstić information content (AvgIpc) is 2.96. The summed E-state index contributed by atoms with van der Waals surface area (Å²) in [5, 5.41) is 1.38. The standard InChI is InChI=1S/C20H20N2/c1-2-8-16(9-3-1)10-6-14-22-15-7-12-18-17-11-4-5-13-19(17)21-20(18)22/h1-6,8-11,13,21H,7,12,14-15H2/b10-6+. The van der Waals surface area contributed by atoms with E-state index in [-0.39, 0.29) is 0 Å². The maximum absolute atomic E-state index is 3.61. The molecule has 3 aromatic rings. The van der Waals surface area contributed by atoms with Crippen LogP contribution in [0.4, 0.5) is 5.82 Å². The van der Waals surface area contributed by atoms with Gasteiger partial charge in [0.15, 0.2) is 0 Å². The summed E-state index contributed by atoms with van der Waals surface area (Å²) in [6, 6.07) is 19.1. The lowest BCUT2D eigenvalue weighted by atomic mass is 10.0. The molecule has 2 heterocycles. The molecule has 0 amide bonds. The molecule has 1 aliphatic rings. The molecule has 0 saturated heterocycles. The van der Waals surface area contributed by atoms with Gasteiger partial charge in [-0.15, -0.1) is 0 Å². The van der Waals surface area contributed by atoms with Crippen molar-refractivity contribution in [2.45, 2.75) is 12.8 Å². The van der Waals surface area contributed by atoms with E-state index in [0.717, 1.165) is 13.1 Å². The fourth-order valence-corrected chi connectivity index (χ4v) is 3.33. The number of anilines is 1. The predicted molar refractivity (Wildman–Crippen MR) is 94.3 cm³/mol. The second-order valence-electron chi connectivity index (χ2n) is 5.86. The summed E-state index contributed by atoms with van der Waals surface area (Å²) in [6.45, 7) is 2.08. The Morgan fingerprint density at radius 3 is 2.73 bits per heavy atom. The van der Waals surface area contributed by atoms with Gasteiger partial charge in [0.05, 0.1) is 0 Å². The largest absolute Gasteiger partial charge is 0.354 e. The van der Waals surface area contributed by atoms with Crippen molar-refractivity contribution >= 4 is 22.8 Å². The number of para-hydroxylation sites is 1. The highest BCUT2D eigenvalue weighted by Crippen LogP contribution is 2.33. The topological polar surface area (TPSA) is 19.0 Å². The Morgan fingerprint density at radius 2 is 1.82 bits per heavy atom. The second-order valence-corrected chi connectivity index (χ2v) is 5.86. The summed E-state index contributed by atoms with van der Waals surface area (Å²) < 4.78 is 0. The smallest absolute Gasteiger partial charge is 0.110 e. The van der Waals surface area contributed by atoms with Crippen molar-refractivity contribution in [2.75, 3.05) is 18.0 Å². The molecular formula is C20H20N2. The number of hydrogen-bond donors (Lipinski definition) is 1. The Hall–Kier alpha value is -2.48. The van der Waals surface area contributed by atoms with Crippen LogP contribution in [0.1, 0.15) is 17.5 Å². The van der Waals surface area contributed by atoms with Crippen molar-refractivity contribution in [3.63, 3.8) is 0 Å². The SMILES string of the molecule is C(=C\c1ccccc1)/CN1CCCc2c1[nH]c1ccccc21. The van der Waals surface area contributed by atoms with E-state index < -0.39 is 0 Å². The first kappa shape index (κ1) is 13.2. The van der Waals surface area contributed by atoms with Crippen LogP contribution in [0.15, 0.2) is 60.7 Å². The third-order valence-electron chi connectivity index (χ3n) is 4.40. The van der Waals surface area contributed by atoms with Gasteiger partial charge in [0.25, 0.3) is 0 Å². The zero-order valence-corrected chi connectivity index (χ0v) is 12.6. The number of aromatic amines is 1. The lowest BCUT2D eigenvalue weighted by Gasteiger charge is -2.27. The summed E-state index contributed by atoms with van der Waals surface area (Å²) in [5.74, 6) is 1.31. The number of nitrogens with zero attached hydrogens (tertiary/aromatic N) is 1. The van der Waals surface area contributed by atoms with Gasteiger partial charge in [0, 0.05) is 29.6 Å². The van der Waals surface area contributed by atoms with Crippen LogP contribution in [0.25, 0.3) is 17.0 Å². The van der Waals surface area contributed by atoms with E-state index in [1.54, 1.807) is 0 Å². The van der Waals surface area contributed by atoms with Gasteiger partial charge >= 0.3 is 0 Å². The number of aryl methyl sites for hydroxylation is 1. The first-order valence-corrected chi connectivity index (χ1v) is 7.98. The quantitative estimate of drug-likeness (QED) is 0.744. The monoisotopic (exact) mass is 288 g/mol. The molecule has 2 nitrogen and oxygen atoms in total. The van der Waals surface area contributed by atoms with Crippen LogP contribution >= 0.6 is 0 Å². The number of aromatic nitrogens is 1. The molecule has 22 heavy (non-hydrogen) atoms. The van der Waals surface area contributed by atoms with E-state index in [2.05, 4.69) is 76.6 Å². The summed E-state index contributed by atoms with van der Waals surface area (Å²) in [6.07, 6.45) is 6.87. The zero-order valence-electron chi connectivity index (χ0n) is 12.6. The Morgan fingerprint density at radius 1 is 1.00 bits per heavy atom. The van der Waals surface area contributed by atoms with Crippen molar-refractivity contribution in [3.05, 3.63) is 71.8 Å². The van der Waals surface area contributed by atoms with Crippen molar-refractivity contribution < 1.29 is 0 Å². The molecule has 1 aliphatic heterocycles. The lowest BCUT2D eigenvalue weighted by molar-refractivity contribution is 0.719. The van der Waals surface area contributed by atoms with Crippen LogP contribution in [-0.2, 0) is 6.42 Å². The highest BCUT2D eigenvalue weighted by Gasteiger charge is 2.20.